The second kappa shape index (κ2) is 7.39. The number of nitrogen functional groups attached to an aromatic ring is 1. The summed E-state index contributed by atoms with van der Waals surface area (Å²) in [6, 6.07) is 10.1. The van der Waals surface area contributed by atoms with Crippen molar-refractivity contribution in [3.8, 4) is 11.6 Å². The van der Waals surface area contributed by atoms with E-state index in [1.165, 1.54) is 0 Å². The summed E-state index contributed by atoms with van der Waals surface area (Å²) in [4.78, 5) is 21.0. The largest absolute Gasteiger partial charge is 0.372 e. The van der Waals surface area contributed by atoms with Gasteiger partial charge in [-0.3, -0.25) is 0 Å². The van der Waals surface area contributed by atoms with E-state index in [0.29, 0.717) is 25.1 Å². The second-order valence-electron chi connectivity index (χ2n) is 6.82. The van der Waals surface area contributed by atoms with Crippen molar-refractivity contribution in [3.63, 3.8) is 0 Å². The first-order chi connectivity index (χ1) is 13.5. The van der Waals surface area contributed by atoms with Gasteiger partial charge in [0.2, 0.25) is 23.5 Å². The third-order valence-corrected chi connectivity index (χ3v) is 4.28. The molecule has 10 heteroatoms. The smallest absolute Gasteiger partial charge is 0.324 e. The molecule has 4 rings (SSSR count). The number of nitrogens with two attached hydrogens (primary N) is 1. The monoisotopic (exact) mass is 382 g/mol. The Labute approximate surface area is 162 Å². The number of para-hydroxylation sites is 1. The molecule has 1 saturated heterocycles. The van der Waals surface area contributed by atoms with Gasteiger partial charge in [-0.2, -0.15) is 19.9 Å². The van der Waals surface area contributed by atoms with Crippen LogP contribution in [-0.2, 0) is 4.74 Å². The Morgan fingerprint density at radius 2 is 1.86 bits per heavy atom. The van der Waals surface area contributed by atoms with Crippen LogP contribution in [0.4, 0.5) is 23.6 Å². The first kappa shape index (κ1) is 18.1. The van der Waals surface area contributed by atoms with Gasteiger partial charge in [0, 0.05) is 12.7 Å². The number of rotatable bonds is 6. The average molecular weight is 382 g/mol. The SMILES string of the molecule is CC(C)OC1CN(c2nc(-c3nc(N)nc(N(C)c4ccccc4)n3)no2)C1. The maximum Gasteiger partial charge on any atom is 0.324 e. The molecule has 3 heterocycles. The van der Waals surface area contributed by atoms with E-state index in [9.17, 15) is 0 Å². The summed E-state index contributed by atoms with van der Waals surface area (Å²) in [6.45, 7) is 5.45. The van der Waals surface area contributed by atoms with Crippen LogP contribution in [0.1, 0.15) is 13.8 Å². The highest BCUT2D eigenvalue weighted by Gasteiger charge is 2.32. The molecular weight excluding hydrogens is 360 g/mol. The second-order valence-corrected chi connectivity index (χ2v) is 6.82. The zero-order valence-corrected chi connectivity index (χ0v) is 16.0. The lowest BCUT2D eigenvalue weighted by Gasteiger charge is -2.38. The minimum absolute atomic E-state index is 0.0866. The van der Waals surface area contributed by atoms with Crippen LogP contribution in [0.2, 0.25) is 0 Å². The molecule has 1 fully saturated rings. The summed E-state index contributed by atoms with van der Waals surface area (Å²) < 4.78 is 11.1. The molecule has 28 heavy (non-hydrogen) atoms. The van der Waals surface area contributed by atoms with Gasteiger partial charge in [-0.15, -0.1) is 0 Å². The summed E-state index contributed by atoms with van der Waals surface area (Å²) in [5, 5.41) is 3.99. The van der Waals surface area contributed by atoms with Crippen molar-refractivity contribution in [2.24, 2.45) is 0 Å². The summed E-state index contributed by atoms with van der Waals surface area (Å²) in [5.41, 5.74) is 6.80. The first-order valence-electron chi connectivity index (χ1n) is 9.04. The van der Waals surface area contributed by atoms with Gasteiger partial charge in [0.1, 0.15) is 0 Å². The van der Waals surface area contributed by atoms with Gasteiger partial charge >= 0.3 is 6.01 Å². The van der Waals surface area contributed by atoms with E-state index in [-0.39, 0.29) is 29.8 Å². The molecule has 1 aliphatic heterocycles. The number of anilines is 4. The van der Waals surface area contributed by atoms with Crippen LogP contribution in [0.15, 0.2) is 34.9 Å². The Balaban J connectivity index is 1.53. The van der Waals surface area contributed by atoms with E-state index >= 15 is 0 Å². The molecule has 0 aliphatic carbocycles. The normalized spacial score (nSPS) is 14.4. The molecule has 0 amide bonds. The van der Waals surface area contributed by atoms with E-state index in [4.69, 9.17) is 15.0 Å². The van der Waals surface area contributed by atoms with E-state index in [1.807, 2.05) is 61.0 Å². The highest BCUT2D eigenvalue weighted by molar-refractivity contribution is 5.59. The van der Waals surface area contributed by atoms with Crippen LogP contribution in [0, 0.1) is 0 Å². The molecule has 0 saturated carbocycles. The van der Waals surface area contributed by atoms with Crippen molar-refractivity contribution in [1.29, 1.82) is 0 Å². The van der Waals surface area contributed by atoms with E-state index in [2.05, 4.69) is 25.1 Å². The average Bonchev–Trinajstić information content (AvgIpc) is 3.13. The Bertz CT molecular complexity index is 940. The molecule has 0 bridgehead atoms. The Morgan fingerprint density at radius 1 is 1.11 bits per heavy atom. The van der Waals surface area contributed by atoms with Gasteiger partial charge < -0.3 is 24.8 Å². The predicted octanol–water partition coefficient (Wildman–Crippen LogP) is 1.89. The van der Waals surface area contributed by atoms with E-state index < -0.39 is 0 Å². The molecule has 1 aliphatic rings. The van der Waals surface area contributed by atoms with Gasteiger partial charge in [-0.05, 0) is 26.0 Å². The Hall–Kier alpha value is -3.27. The molecule has 10 nitrogen and oxygen atoms in total. The molecular formula is C18H22N8O2. The zero-order valence-electron chi connectivity index (χ0n) is 16.0. The highest BCUT2D eigenvalue weighted by Crippen LogP contribution is 2.25. The quantitative estimate of drug-likeness (QED) is 0.676. The van der Waals surface area contributed by atoms with Crippen molar-refractivity contribution in [3.05, 3.63) is 30.3 Å². The molecule has 3 aromatic rings. The van der Waals surface area contributed by atoms with Crippen LogP contribution in [-0.4, -0.2) is 57.4 Å². The molecule has 2 aromatic heterocycles. The highest BCUT2D eigenvalue weighted by atomic mass is 16.5. The molecule has 146 valence electrons. The lowest BCUT2D eigenvalue weighted by atomic mass is 10.2. The lowest BCUT2D eigenvalue weighted by molar-refractivity contribution is -0.00913. The number of nitrogens with zero attached hydrogens (tertiary/aromatic N) is 7. The minimum atomic E-state index is 0.0866. The Kier molecular flexibility index (Phi) is 4.78. The van der Waals surface area contributed by atoms with Crippen molar-refractivity contribution >= 4 is 23.6 Å². The maximum atomic E-state index is 5.88. The van der Waals surface area contributed by atoms with Gasteiger partial charge in [-0.25, -0.2) is 0 Å². The first-order valence-corrected chi connectivity index (χ1v) is 9.04. The number of aromatic nitrogens is 5. The standard InChI is InChI=1S/C18H22N8O2/c1-11(2)27-13-9-26(10-13)18-22-15(24-28-18)14-20-16(19)23-17(21-14)25(3)12-7-5-4-6-8-12/h4-8,11,13H,9-10H2,1-3H3,(H2,19,20,21,23). The summed E-state index contributed by atoms with van der Waals surface area (Å²) in [7, 11) is 1.85. The zero-order chi connectivity index (χ0) is 19.7. The van der Waals surface area contributed by atoms with Crippen LogP contribution in [0.5, 0.6) is 0 Å². The van der Waals surface area contributed by atoms with Gasteiger partial charge in [0.25, 0.3) is 0 Å². The fourth-order valence-corrected chi connectivity index (χ4v) is 2.90. The van der Waals surface area contributed by atoms with Crippen molar-refractivity contribution in [2.45, 2.75) is 26.1 Å². The fourth-order valence-electron chi connectivity index (χ4n) is 2.90. The van der Waals surface area contributed by atoms with Crippen molar-refractivity contribution in [1.82, 2.24) is 25.1 Å². The molecule has 0 spiro atoms. The van der Waals surface area contributed by atoms with Gasteiger partial charge in [0.05, 0.1) is 25.3 Å². The van der Waals surface area contributed by atoms with Gasteiger partial charge in [0.15, 0.2) is 0 Å². The van der Waals surface area contributed by atoms with E-state index in [0.717, 1.165) is 5.69 Å². The third-order valence-electron chi connectivity index (χ3n) is 4.28. The summed E-state index contributed by atoms with van der Waals surface area (Å²) >= 11 is 0. The summed E-state index contributed by atoms with van der Waals surface area (Å²) in [5.74, 6) is 1.01. The number of benzene rings is 1. The van der Waals surface area contributed by atoms with Gasteiger partial charge in [-0.1, -0.05) is 23.4 Å². The van der Waals surface area contributed by atoms with Crippen molar-refractivity contribution < 1.29 is 9.26 Å². The maximum absolute atomic E-state index is 5.88. The number of hydrogen-bond acceptors (Lipinski definition) is 10. The van der Waals surface area contributed by atoms with Crippen LogP contribution in [0.3, 0.4) is 0 Å². The molecule has 2 N–H and O–H groups in total. The lowest BCUT2D eigenvalue weighted by Crippen LogP contribution is -2.53. The molecule has 0 atom stereocenters. The molecule has 0 radical (unpaired) electrons. The number of hydrogen-bond donors (Lipinski definition) is 1. The topological polar surface area (TPSA) is 119 Å². The van der Waals surface area contributed by atoms with Crippen LogP contribution < -0.4 is 15.5 Å². The van der Waals surface area contributed by atoms with E-state index in [1.54, 1.807) is 0 Å². The molecule has 1 aromatic carbocycles. The fraction of sp³-hybridized carbons (Fsp3) is 0.389. The van der Waals surface area contributed by atoms with Crippen molar-refractivity contribution in [2.75, 3.05) is 35.7 Å². The molecule has 0 unspecified atom stereocenters. The predicted molar refractivity (Wildman–Crippen MR) is 104 cm³/mol. The minimum Gasteiger partial charge on any atom is -0.372 e. The third kappa shape index (κ3) is 3.72. The summed E-state index contributed by atoms with van der Waals surface area (Å²) in [6.07, 6.45) is 0.368. The Morgan fingerprint density at radius 3 is 2.57 bits per heavy atom. The number of ether oxygens (including phenoxy) is 1. The van der Waals surface area contributed by atoms with Crippen LogP contribution >= 0.6 is 0 Å². The van der Waals surface area contributed by atoms with Crippen LogP contribution in [0.25, 0.3) is 11.6 Å².